The van der Waals surface area contributed by atoms with E-state index in [1.165, 1.54) is 0 Å². The van der Waals surface area contributed by atoms with Crippen LogP contribution >= 0.6 is 0 Å². The predicted molar refractivity (Wildman–Crippen MR) is 116 cm³/mol. The van der Waals surface area contributed by atoms with E-state index >= 15 is 0 Å². The van der Waals surface area contributed by atoms with Crippen molar-refractivity contribution in [3.8, 4) is 0 Å². The van der Waals surface area contributed by atoms with Gasteiger partial charge in [-0.25, -0.2) is 9.98 Å². The van der Waals surface area contributed by atoms with E-state index in [4.69, 9.17) is 9.47 Å². The van der Waals surface area contributed by atoms with Crippen LogP contribution in [0, 0.1) is 10.8 Å². The molecule has 2 amide bonds. The number of amides is 2. The molecule has 0 aromatic heterocycles. The van der Waals surface area contributed by atoms with Crippen LogP contribution in [0.25, 0.3) is 0 Å². The molecule has 1 saturated carbocycles. The molecular formula is C22H36N4O4. The van der Waals surface area contributed by atoms with Gasteiger partial charge in [-0.05, 0) is 23.7 Å². The van der Waals surface area contributed by atoms with Crippen LogP contribution in [-0.4, -0.2) is 61.0 Å². The number of nitrogens with zero attached hydrogens (tertiary/aromatic N) is 2. The molecule has 0 unspecified atom stereocenters. The van der Waals surface area contributed by atoms with Crippen molar-refractivity contribution in [3.05, 3.63) is 0 Å². The molecule has 0 bridgehead atoms. The molecule has 8 heteroatoms. The van der Waals surface area contributed by atoms with E-state index in [1.54, 1.807) is 0 Å². The summed E-state index contributed by atoms with van der Waals surface area (Å²) >= 11 is 0. The highest BCUT2D eigenvalue weighted by Gasteiger charge is 2.37. The van der Waals surface area contributed by atoms with Gasteiger partial charge in [0, 0.05) is 12.1 Å². The van der Waals surface area contributed by atoms with Gasteiger partial charge in [0.15, 0.2) is 0 Å². The molecule has 0 saturated heterocycles. The van der Waals surface area contributed by atoms with Gasteiger partial charge in [0.25, 0.3) is 11.8 Å². The maximum Gasteiger partial charge on any atom is 0.306 e. The highest BCUT2D eigenvalue weighted by atomic mass is 16.5. The first-order valence-electron chi connectivity index (χ1n) is 11.0. The quantitative estimate of drug-likeness (QED) is 0.728. The summed E-state index contributed by atoms with van der Waals surface area (Å²) in [5.74, 6) is -0.338. The Morgan fingerprint density at radius 2 is 1.13 bits per heavy atom. The highest BCUT2D eigenvalue weighted by Crippen LogP contribution is 2.27. The molecule has 168 valence electrons. The molecule has 4 atom stereocenters. The van der Waals surface area contributed by atoms with Gasteiger partial charge >= 0.3 is 11.8 Å². The zero-order valence-electron chi connectivity index (χ0n) is 19.1. The van der Waals surface area contributed by atoms with Gasteiger partial charge in [0.2, 0.25) is 0 Å². The van der Waals surface area contributed by atoms with Crippen LogP contribution in [0.3, 0.4) is 0 Å². The molecule has 8 nitrogen and oxygen atoms in total. The monoisotopic (exact) mass is 420 g/mol. The summed E-state index contributed by atoms with van der Waals surface area (Å²) in [7, 11) is 0. The smallest absolute Gasteiger partial charge is 0.306 e. The van der Waals surface area contributed by atoms with Crippen molar-refractivity contribution in [1.82, 2.24) is 10.6 Å². The lowest BCUT2D eigenvalue weighted by molar-refractivity contribution is -0.119. The van der Waals surface area contributed by atoms with Gasteiger partial charge in [-0.1, -0.05) is 54.4 Å². The number of hydrogen-bond acceptors (Lipinski definition) is 6. The first-order valence-corrected chi connectivity index (χ1v) is 11.0. The van der Waals surface area contributed by atoms with Crippen molar-refractivity contribution in [3.63, 3.8) is 0 Å². The number of aliphatic imine (C=N–C) groups is 2. The summed E-state index contributed by atoms with van der Waals surface area (Å²) in [6.07, 6.45) is 3.59. The van der Waals surface area contributed by atoms with Gasteiger partial charge in [-0.2, -0.15) is 0 Å². The van der Waals surface area contributed by atoms with E-state index in [2.05, 4.69) is 62.2 Å². The SMILES string of the molecule is CC(C)(C)[C@H]1COC(C(=O)N[C@H]2CCCC[C@@H]2NC(=O)C2=N[C@@H](C(C)(C)C)CO2)=N1. The summed E-state index contributed by atoms with van der Waals surface area (Å²) in [5.41, 5.74) is -0.118. The number of carbonyl (C=O) groups excluding carboxylic acids is 2. The van der Waals surface area contributed by atoms with Crippen molar-refractivity contribution in [2.75, 3.05) is 13.2 Å². The highest BCUT2D eigenvalue weighted by molar-refractivity contribution is 6.36. The lowest BCUT2D eigenvalue weighted by Gasteiger charge is -2.32. The summed E-state index contributed by atoms with van der Waals surface area (Å²) in [6, 6.07) is -0.409. The average molecular weight is 421 g/mol. The van der Waals surface area contributed by atoms with Crippen LogP contribution < -0.4 is 10.6 Å². The molecular weight excluding hydrogens is 384 g/mol. The third kappa shape index (κ3) is 5.32. The van der Waals surface area contributed by atoms with Gasteiger partial charge < -0.3 is 20.1 Å². The molecule has 0 radical (unpaired) electrons. The fourth-order valence-corrected chi connectivity index (χ4v) is 3.82. The normalized spacial score (nSPS) is 29.4. The van der Waals surface area contributed by atoms with Gasteiger partial charge in [-0.15, -0.1) is 0 Å². The minimum absolute atomic E-state index is 0.0339. The minimum atomic E-state index is -0.310. The third-order valence-electron chi connectivity index (χ3n) is 6.09. The van der Waals surface area contributed by atoms with E-state index in [-0.39, 0.29) is 58.6 Å². The van der Waals surface area contributed by atoms with E-state index in [0.717, 1.165) is 25.7 Å². The number of hydrogen-bond donors (Lipinski definition) is 2. The summed E-state index contributed by atoms with van der Waals surface area (Å²) in [6.45, 7) is 13.3. The average Bonchev–Trinajstić information content (AvgIpc) is 3.32. The Morgan fingerprint density at radius 1 is 0.767 bits per heavy atom. The number of carbonyl (C=O) groups is 2. The third-order valence-corrected chi connectivity index (χ3v) is 6.09. The van der Waals surface area contributed by atoms with Crippen LogP contribution in [0.5, 0.6) is 0 Å². The van der Waals surface area contributed by atoms with Crippen LogP contribution in [0.4, 0.5) is 0 Å². The molecule has 1 fully saturated rings. The largest absolute Gasteiger partial charge is 0.472 e. The first kappa shape index (κ1) is 22.6. The van der Waals surface area contributed by atoms with Crippen molar-refractivity contribution in [2.24, 2.45) is 20.8 Å². The van der Waals surface area contributed by atoms with Gasteiger partial charge in [0.1, 0.15) is 13.2 Å². The molecule has 3 aliphatic rings. The molecule has 2 N–H and O–H groups in total. The zero-order chi connectivity index (χ0) is 22.1. The number of rotatable bonds is 4. The molecule has 0 spiro atoms. The van der Waals surface area contributed by atoms with E-state index in [1.807, 2.05) is 0 Å². The Bertz CT molecular complexity index is 670. The van der Waals surface area contributed by atoms with E-state index in [9.17, 15) is 9.59 Å². The standard InChI is InChI=1S/C22H36N4O4/c1-21(2,3)15-11-29-19(25-15)17(27)23-13-9-7-8-10-14(13)24-18(28)20-26-16(12-30-20)22(4,5)6/h13-16H,7-12H2,1-6H3,(H,23,27)(H,24,28)/t13-,14-,15+,16+/m0/s1. The lowest BCUT2D eigenvalue weighted by atomic mass is 9.88. The fraction of sp³-hybridized carbons (Fsp3) is 0.818. The van der Waals surface area contributed by atoms with Crippen molar-refractivity contribution in [2.45, 2.75) is 91.4 Å². The van der Waals surface area contributed by atoms with Crippen LogP contribution in [0.1, 0.15) is 67.2 Å². The van der Waals surface area contributed by atoms with E-state index in [0.29, 0.717) is 13.2 Å². The van der Waals surface area contributed by atoms with Crippen LogP contribution in [0.15, 0.2) is 9.98 Å². The molecule has 0 aromatic rings. The molecule has 2 heterocycles. The van der Waals surface area contributed by atoms with Gasteiger partial charge in [-0.3, -0.25) is 9.59 Å². The van der Waals surface area contributed by atoms with Crippen molar-refractivity contribution < 1.29 is 19.1 Å². The summed E-state index contributed by atoms with van der Waals surface area (Å²) < 4.78 is 11.1. The molecule has 0 aromatic carbocycles. The lowest BCUT2D eigenvalue weighted by Crippen LogP contribution is -2.55. The number of nitrogens with one attached hydrogen (secondary N) is 2. The van der Waals surface area contributed by atoms with Crippen LogP contribution in [-0.2, 0) is 19.1 Å². The maximum absolute atomic E-state index is 12.7. The Morgan fingerprint density at radius 3 is 1.43 bits per heavy atom. The molecule has 30 heavy (non-hydrogen) atoms. The Balaban J connectivity index is 1.60. The van der Waals surface area contributed by atoms with Gasteiger partial charge in [0.05, 0.1) is 12.1 Å². The fourth-order valence-electron chi connectivity index (χ4n) is 3.82. The zero-order valence-corrected chi connectivity index (χ0v) is 19.1. The van der Waals surface area contributed by atoms with E-state index < -0.39 is 0 Å². The van der Waals surface area contributed by atoms with Crippen molar-refractivity contribution >= 4 is 23.6 Å². The summed E-state index contributed by atoms with van der Waals surface area (Å²) in [4.78, 5) is 34.3. The Kier molecular flexibility index (Phi) is 6.43. The number of ether oxygens (including phenoxy) is 2. The summed E-state index contributed by atoms with van der Waals surface area (Å²) in [5, 5.41) is 6.04. The molecule has 3 rings (SSSR count). The topological polar surface area (TPSA) is 101 Å². The van der Waals surface area contributed by atoms with Crippen molar-refractivity contribution in [1.29, 1.82) is 0 Å². The maximum atomic E-state index is 12.7. The molecule has 1 aliphatic carbocycles. The predicted octanol–water partition coefficient (Wildman–Crippen LogP) is 2.22. The Labute approximate surface area is 179 Å². The minimum Gasteiger partial charge on any atom is -0.472 e. The first-order chi connectivity index (χ1) is 13.9. The second-order valence-corrected chi connectivity index (χ2v) is 10.7. The Hall–Kier alpha value is -2.12. The second-order valence-electron chi connectivity index (χ2n) is 10.7. The van der Waals surface area contributed by atoms with Crippen LogP contribution in [0.2, 0.25) is 0 Å². The molecule has 2 aliphatic heterocycles. The second kappa shape index (κ2) is 8.55.